The fourth-order valence-corrected chi connectivity index (χ4v) is 4.06. The molecule has 13 heteroatoms. The van der Waals surface area contributed by atoms with Crippen molar-refractivity contribution < 1.29 is 41.9 Å². The lowest BCUT2D eigenvalue weighted by molar-refractivity contribution is -0.274. The lowest BCUT2D eigenvalue weighted by Gasteiger charge is -2.40. The molecule has 0 radical (unpaired) electrons. The molecule has 1 aromatic carbocycles. The number of carboxylic acid groups (broad SMARTS) is 1. The number of aromatic nitrogens is 2. The van der Waals surface area contributed by atoms with Gasteiger partial charge >= 0.3 is 18.4 Å². The van der Waals surface area contributed by atoms with Gasteiger partial charge in [-0.2, -0.15) is 4.98 Å². The van der Waals surface area contributed by atoms with Crippen LogP contribution in [0.4, 0.5) is 18.0 Å². The third kappa shape index (κ3) is 5.53. The van der Waals surface area contributed by atoms with Gasteiger partial charge in [-0.05, 0) is 29.3 Å². The third-order valence-electron chi connectivity index (χ3n) is 5.57. The number of carbonyl (C=O) groups is 2. The highest BCUT2D eigenvalue weighted by atomic mass is 19.4. The van der Waals surface area contributed by atoms with Crippen LogP contribution in [0, 0.1) is 0 Å². The van der Waals surface area contributed by atoms with Crippen molar-refractivity contribution >= 4 is 12.0 Å². The van der Waals surface area contributed by atoms with Crippen molar-refractivity contribution in [3.63, 3.8) is 0 Å². The molecular weight excluding hydrogens is 449 g/mol. The van der Waals surface area contributed by atoms with Gasteiger partial charge in [0.1, 0.15) is 5.75 Å². The normalized spacial score (nSPS) is 21.7. The molecule has 1 aromatic heterocycles. The number of urea groups is 1. The van der Waals surface area contributed by atoms with Crippen molar-refractivity contribution in [3.8, 4) is 5.75 Å². The summed E-state index contributed by atoms with van der Waals surface area (Å²) in [4.78, 5) is 31.5. The quantitative estimate of drug-likeness (QED) is 0.725. The summed E-state index contributed by atoms with van der Waals surface area (Å²) in [6.45, 7) is 2.31. The van der Waals surface area contributed by atoms with Gasteiger partial charge in [0.2, 0.25) is 5.89 Å². The van der Waals surface area contributed by atoms with E-state index in [1.807, 2.05) is 0 Å². The van der Waals surface area contributed by atoms with E-state index in [1.165, 1.54) is 24.3 Å². The highest BCUT2D eigenvalue weighted by Crippen LogP contribution is 2.36. The third-order valence-corrected chi connectivity index (χ3v) is 5.57. The van der Waals surface area contributed by atoms with Gasteiger partial charge in [-0.25, -0.2) is 9.59 Å². The lowest BCUT2D eigenvalue weighted by Crippen LogP contribution is -2.52. The monoisotopic (exact) mass is 470 g/mol. The minimum atomic E-state index is -4.79. The number of halogens is 3. The van der Waals surface area contributed by atoms with Crippen LogP contribution in [0.15, 0.2) is 28.8 Å². The zero-order chi connectivity index (χ0) is 23.6. The number of amides is 2. The number of hydrogen-bond acceptors (Lipinski definition) is 7. The van der Waals surface area contributed by atoms with E-state index in [4.69, 9.17) is 14.4 Å². The van der Waals surface area contributed by atoms with Gasteiger partial charge in [-0.15, -0.1) is 13.2 Å². The first-order valence-corrected chi connectivity index (χ1v) is 10.2. The van der Waals surface area contributed by atoms with E-state index in [-0.39, 0.29) is 30.1 Å². The molecule has 178 valence electrons. The second-order valence-electron chi connectivity index (χ2n) is 7.79. The van der Waals surface area contributed by atoms with Gasteiger partial charge in [-0.3, -0.25) is 0 Å². The van der Waals surface area contributed by atoms with Gasteiger partial charge in [0.25, 0.3) is 5.82 Å². The minimum absolute atomic E-state index is 0.0916. The molecule has 33 heavy (non-hydrogen) atoms. The first-order chi connectivity index (χ1) is 15.7. The fraction of sp³-hybridized carbons (Fsp3) is 0.500. The van der Waals surface area contributed by atoms with Crippen molar-refractivity contribution in [3.05, 3.63) is 41.5 Å². The molecule has 4 rings (SSSR count). The number of aromatic carboxylic acids is 1. The van der Waals surface area contributed by atoms with E-state index in [0.717, 1.165) is 0 Å². The van der Waals surface area contributed by atoms with E-state index in [1.54, 1.807) is 9.80 Å². The second-order valence-corrected chi connectivity index (χ2v) is 7.79. The number of carbonyl (C=O) groups excluding carboxylic acids is 1. The number of nitrogens with zero attached hydrogens (tertiary/aromatic N) is 4. The molecule has 2 aliphatic heterocycles. The molecule has 2 saturated heterocycles. The summed E-state index contributed by atoms with van der Waals surface area (Å²) in [5.41, 5.74) is 0.701. The topological polar surface area (TPSA) is 118 Å². The van der Waals surface area contributed by atoms with Crippen molar-refractivity contribution in [1.29, 1.82) is 0 Å². The Morgan fingerprint density at radius 3 is 2.33 bits per heavy atom. The maximum absolute atomic E-state index is 13.1. The van der Waals surface area contributed by atoms with Crippen LogP contribution in [-0.2, 0) is 4.74 Å². The molecule has 2 aromatic rings. The van der Waals surface area contributed by atoms with Crippen LogP contribution in [0.1, 0.15) is 40.3 Å². The number of rotatable bonds is 4. The highest BCUT2D eigenvalue weighted by Gasteiger charge is 2.37. The lowest BCUT2D eigenvalue weighted by atomic mass is 9.84. The van der Waals surface area contributed by atoms with Gasteiger partial charge < -0.3 is 28.9 Å². The van der Waals surface area contributed by atoms with Crippen LogP contribution in [0.5, 0.6) is 5.75 Å². The molecular formula is C20H21F3N4O6. The Hall–Kier alpha value is -3.35. The van der Waals surface area contributed by atoms with Crippen LogP contribution in [0.2, 0.25) is 0 Å². The van der Waals surface area contributed by atoms with E-state index >= 15 is 0 Å². The standard InChI is InChI=1S/C20H21F3N4O6/c21-20(22,23)32-15-3-1-12(2-4-15)13-9-14(17-24-16(18(28)29)25-33-17)11-27(10-13)19(30)26-5-7-31-8-6-26/h1-4,13-14H,5-11H2,(H,28,29). The first-order valence-electron chi connectivity index (χ1n) is 10.2. The maximum Gasteiger partial charge on any atom is 0.573 e. The van der Waals surface area contributed by atoms with Crippen molar-refractivity contribution in [2.75, 3.05) is 39.4 Å². The van der Waals surface area contributed by atoms with Gasteiger partial charge in [0, 0.05) is 32.1 Å². The van der Waals surface area contributed by atoms with E-state index in [2.05, 4.69) is 14.9 Å². The van der Waals surface area contributed by atoms with Crippen LogP contribution < -0.4 is 4.74 Å². The molecule has 1 N–H and O–H groups in total. The summed E-state index contributed by atoms with van der Waals surface area (Å²) in [6.07, 6.45) is -4.35. The second kappa shape index (κ2) is 9.25. The molecule has 10 nitrogen and oxygen atoms in total. The summed E-state index contributed by atoms with van der Waals surface area (Å²) >= 11 is 0. The minimum Gasteiger partial charge on any atom is -0.475 e. The summed E-state index contributed by atoms with van der Waals surface area (Å²) in [6, 6.07) is 5.26. The molecule has 2 fully saturated rings. The van der Waals surface area contributed by atoms with Crippen molar-refractivity contribution in [2.45, 2.75) is 24.6 Å². The molecule has 3 heterocycles. The summed E-state index contributed by atoms with van der Waals surface area (Å²) in [5, 5.41) is 12.5. The number of piperidine rings is 1. The zero-order valence-electron chi connectivity index (χ0n) is 17.3. The van der Waals surface area contributed by atoms with Crippen LogP contribution in [0.3, 0.4) is 0 Å². The Kier molecular flexibility index (Phi) is 6.40. The Morgan fingerprint density at radius 2 is 1.73 bits per heavy atom. The fourth-order valence-electron chi connectivity index (χ4n) is 4.06. The van der Waals surface area contributed by atoms with Gasteiger partial charge in [0.15, 0.2) is 0 Å². The Morgan fingerprint density at radius 1 is 1.06 bits per heavy atom. The van der Waals surface area contributed by atoms with Crippen molar-refractivity contribution in [1.82, 2.24) is 19.9 Å². The van der Waals surface area contributed by atoms with Crippen molar-refractivity contribution in [2.24, 2.45) is 0 Å². The molecule has 0 spiro atoms. The maximum atomic E-state index is 13.1. The average molecular weight is 470 g/mol. The SMILES string of the molecule is O=C(O)c1noc(C2CC(c3ccc(OC(F)(F)F)cc3)CN(C(=O)N3CCOCC3)C2)n1. The van der Waals surface area contributed by atoms with Crippen LogP contribution in [0.25, 0.3) is 0 Å². The number of morpholine rings is 1. The summed E-state index contributed by atoms with van der Waals surface area (Å²) in [5.74, 6) is -2.77. The van der Waals surface area contributed by atoms with Crippen LogP contribution in [-0.4, -0.2) is 82.8 Å². The number of hydrogen-bond donors (Lipinski definition) is 1. The smallest absolute Gasteiger partial charge is 0.475 e. The van der Waals surface area contributed by atoms with Gasteiger partial charge in [0.05, 0.1) is 19.1 Å². The predicted octanol–water partition coefficient (Wildman–Crippen LogP) is 2.69. The van der Waals surface area contributed by atoms with Gasteiger partial charge in [-0.1, -0.05) is 12.1 Å². The average Bonchev–Trinajstić information content (AvgIpc) is 3.29. The zero-order valence-corrected chi connectivity index (χ0v) is 17.3. The number of likely N-dealkylation sites (tertiary alicyclic amines) is 1. The number of alkyl halides is 3. The molecule has 0 aliphatic carbocycles. The Labute approximate surface area is 185 Å². The molecule has 2 amide bonds. The molecule has 2 atom stereocenters. The number of benzene rings is 1. The Balaban J connectivity index is 1.57. The first kappa shape index (κ1) is 22.8. The molecule has 0 saturated carbocycles. The van der Waals surface area contributed by atoms with E-state index in [0.29, 0.717) is 44.8 Å². The van der Waals surface area contributed by atoms with E-state index in [9.17, 15) is 22.8 Å². The molecule has 2 aliphatic rings. The molecule has 0 bridgehead atoms. The summed E-state index contributed by atoms with van der Waals surface area (Å²) < 4.78 is 51.8. The largest absolute Gasteiger partial charge is 0.573 e. The predicted molar refractivity (Wildman–Crippen MR) is 104 cm³/mol. The number of ether oxygens (including phenoxy) is 2. The Bertz CT molecular complexity index is 990. The van der Waals surface area contributed by atoms with Crippen LogP contribution >= 0.6 is 0 Å². The highest BCUT2D eigenvalue weighted by molar-refractivity contribution is 5.82. The summed E-state index contributed by atoms with van der Waals surface area (Å²) in [7, 11) is 0. The molecule has 2 unspecified atom stereocenters. The number of carboxylic acids is 1. The van der Waals surface area contributed by atoms with E-state index < -0.39 is 24.1 Å².